The number of hydrogen-bond acceptors (Lipinski definition) is 7. The number of fused-ring (bicyclic) bond motifs is 1. The minimum absolute atomic E-state index is 0.118. The van der Waals surface area contributed by atoms with Crippen molar-refractivity contribution in [1.29, 1.82) is 0 Å². The van der Waals surface area contributed by atoms with Crippen LogP contribution in [0.2, 0.25) is 0 Å². The van der Waals surface area contributed by atoms with Gasteiger partial charge in [0, 0.05) is 29.6 Å². The molecule has 0 bridgehead atoms. The SMILES string of the molecule is Cc1ccc(S(=O)(=O)NC2CCC(O)CC2)cc1-c1cnc2c(N)nc(-c3ccncc3F)cn12. The Labute approximate surface area is 201 Å². The van der Waals surface area contributed by atoms with E-state index in [-0.39, 0.29) is 28.4 Å². The number of aliphatic hydroxyl groups is 1. The van der Waals surface area contributed by atoms with Gasteiger partial charge in [0.15, 0.2) is 17.3 Å². The maximum Gasteiger partial charge on any atom is 0.240 e. The highest BCUT2D eigenvalue weighted by molar-refractivity contribution is 7.89. The van der Waals surface area contributed by atoms with Crippen LogP contribution in [0, 0.1) is 12.7 Å². The van der Waals surface area contributed by atoms with Crippen LogP contribution in [0.25, 0.3) is 28.2 Å². The first kappa shape index (κ1) is 23.3. The minimum atomic E-state index is -3.78. The van der Waals surface area contributed by atoms with Gasteiger partial charge in [0.2, 0.25) is 10.0 Å². The average molecular weight is 497 g/mol. The molecule has 1 saturated carbocycles. The molecule has 0 saturated heterocycles. The molecule has 0 radical (unpaired) electrons. The molecule has 0 aliphatic heterocycles. The van der Waals surface area contributed by atoms with Crippen LogP contribution in [0.1, 0.15) is 31.2 Å². The van der Waals surface area contributed by atoms with Gasteiger partial charge in [-0.3, -0.25) is 9.38 Å². The molecule has 0 amide bonds. The molecule has 4 N–H and O–H groups in total. The number of hydrogen-bond donors (Lipinski definition) is 3. The number of sulfonamides is 1. The predicted octanol–water partition coefficient (Wildman–Crippen LogP) is 3.07. The summed E-state index contributed by atoms with van der Waals surface area (Å²) in [5, 5.41) is 9.71. The minimum Gasteiger partial charge on any atom is -0.393 e. The van der Waals surface area contributed by atoms with Gasteiger partial charge < -0.3 is 10.8 Å². The molecule has 3 heterocycles. The zero-order chi connectivity index (χ0) is 24.7. The Morgan fingerprint density at radius 1 is 1.14 bits per heavy atom. The van der Waals surface area contributed by atoms with Crippen molar-refractivity contribution in [2.24, 2.45) is 0 Å². The summed E-state index contributed by atoms with van der Waals surface area (Å²) in [6.45, 7) is 1.87. The van der Waals surface area contributed by atoms with Crippen LogP contribution < -0.4 is 10.5 Å². The number of pyridine rings is 1. The fourth-order valence-electron chi connectivity index (χ4n) is 4.45. The lowest BCUT2D eigenvalue weighted by atomic mass is 9.94. The number of nitrogens with zero attached hydrogens (tertiary/aromatic N) is 4. The summed E-state index contributed by atoms with van der Waals surface area (Å²) in [6, 6.07) is 6.20. The van der Waals surface area contributed by atoms with Gasteiger partial charge in [-0.2, -0.15) is 0 Å². The van der Waals surface area contributed by atoms with Crippen molar-refractivity contribution in [2.45, 2.75) is 49.6 Å². The summed E-state index contributed by atoms with van der Waals surface area (Å²) in [6.07, 6.45) is 7.74. The summed E-state index contributed by atoms with van der Waals surface area (Å²) in [4.78, 5) is 12.6. The highest BCUT2D eigenvalue weighted by Crippen LogP contribution is 2.31. The van der Waals surface area contributed by atoms with Crippen molar-refractivity contribution < 1.29 is 17.9 Å². The van der Waals surface area contributed by atoms with Crippen LogP contribution in [-0.4, -0.2) is 45.0 Å². The van der Waals surface area contributed by atoms with E-state index in [2.05, 4.69) is 19.7 Å². The number of benzene rings is 1. The van der Waals surface area contributed by atoms with Crippen LogP contribution >= 0.6 is 0 Å². The number of halogens is 1. The number of aliphatic hydroxyl groups excluding tert-OH is 1. The Balaban J connectivity index is 1.56. The van der Waals surface area contributed by atoms with E-state index in [1.165, 1.54) is 12.3 Å². The molecule has 9 nitrogen and oxygen atoms in total. The molecule has 1 aromatic carbocycles. The molecular formula is C24H25FN6O3S. The predicted molar refractivity (Wildman–Crippen MR) is 129 cm³/mol. The van der Waals surface area contributed by atoms with E-state index in [0.717, 1.165) is 11.8 Å². The third-order valence-corrected chi connectivity index (χ3v) is 7.90. The van der Waals surface area contributed by atoms with Crippen molar-refractivity contribution >= 4 is 21.5 Å². The molecule has 3 aromatic heterocycles. The van der Waals surface area contributed by atoms with Crippen LogP contribution in [0.5, 0.6) is 0 Å². The Hall–Kier alpha value is -3.41. The first-order valence-corrected chi connectivity index (χ1v) is 12.8. The number of anilines is 1. The molecule has 0 unspecified atom stereocenters. The van der Waals surface area contributed by atoms with Gasteiger partial charge in [0.05, 0.1) is 34.8 Å². The summed E-state index contributed by atoms with van der Waals surface area (Å²) in [5.41, 5.74) is 9.13. The second-order valence-corrected chi connectivity index (χ2v) is 10.5. The summed E-state index contributed by atoms with van der Waals surface area (Å²) >= 11 is 0. The molecule has 0 spiro atoms. The van der Waals surface area contributed by atoms with E-state index in [4.69, 9.17) is 5.73 Å². The first-order valence-electron chi connectivity index (χ1n) is 11.3. The van der Waals surface area contributed by atoms with Gasteiger partial charge in [-0.05, 0) is 56.4 Å². The largest absolute Gasteiger partial charge is 0.393 e. The normalized spacial score (nSPS) is 18.7. The molecule has 4 aromatic rings. The first-order chi connectivity index (χ1) is 16.7. The molecule has 182 valence electrons. The highest BCUT2D eigenvalue weighted by atomic mass is 32.2. The average Bonchev–Trinajstić information content (AvgIpc) is 3.25. The van der Waals surface area contributed by atoms with Gasteiger partial charge in [0.25, 0.3) is 0 Å². The molecule has 1 aliphatic carbocycles. The molecule has 1 fully saturated rings. The standard InChI is InChI=1S/C24H25FN6O3S/c1-14-2-7-17(35(33,34)30-15-3-5-16(32)6-4-15)10-19(14)22-12-28-24-23(26)29-21(13-31(22)24)18-8-9-27-11-20(18)25/h2,7-13,15-16,30,32H,3-6H2,1H3,(H2,26,29). The van der Waals surface area contributed by atoms with Gasteiger partial charge in [-0.15, -0.1) is 0 Å². The quantitative estimate of drug-likeness (QED) is 0.386. The van der Waals surface area contributed by atoms with Gasteiger partial charge in [-0.25, -0.2) is 27.5 Å². The lowest BCUT2D eigenvalue weighted by Crippen LogP contribution is -2.38. The topological polar surface area (TPSA) is 136 Å². The molecule has 35 heavy (non-hydrogen) atoms. The number of nitrogens with two attached hydrogens (primary N) is 1. The lowest BCUT2D eigenvalue weighted by molar-refractivity contribution is 0.120. The van der Waals surface area contributed by atoms with E-state index in [1.54, 1.807) is 35.0 Å². The van der Waals surface area contributed by atoms with Crippen molar-refractivity contribution in [3.8, 4) is 22.5 Å². The van der Waals surface area contributed by atoms with E-state index in [9.17, 15) is 17.9 Å². The lowest BCUT2D eigenvalue weighted by Gasteiger charge is -2.26. The van der Waals surface area contributed by atoms with Crippen molar-refractivity contribution in [2.75, 3.05) is 5.73 Å². The number of aromatic nitrogens is 4. The molecule has 11 heteroatoms. The number of imidazole rings is 1. The summed E-state index contributed by atoms with van der Waals surface area (Å²) < 4.78 is 45.1. The maximum absolute atomic E-state index is 14.4. The highest BCUT2D eigenvalue weighted by Gasteiger charge is 2.26. The van der Waals surface area contributed by atoms with Crippen molar-refractivity contribution in [3.63, 3.8) is 0 Å². The summed E-state index contributed by atoms with van der Waals surface area (Å²) in [5.74, 6) is -0.418. The zero-order valence-corrected chi connectivity index (χ0v) is 19.8. The molecule has 1 aliphatic rings. The molecular weight excluding hydrogens is 471 g/mol. The number of aryl methyl sites for hydroxylation is 1. The number of nitrogen functional groups attached to an aromatic ring is 1. The molecule has 0 atom stereocenters. The van der Waals surface area contributed by atoms with E-state index in [1.807, 2.05) is 6.92 Å². The Morgan fingerprint density at radius 2 is 1.91 bits per heavy atom. The monoisotopic (exact) mass is 496 g/mol. The maximum atomic E-state index is 14.4. The van der Waals surface area contributed by atoms with Crippen LogP contribution in [0.15, 0.2) is 53.9 Å². The van der Waals surface area contributed by atoms with Crippen LogP contribution in [0.3, 0.4) is 0 Å². The van der Waals surface area contributed by atoms with Crippen LogP contribution in [-0.2, 0) is 10.0 Å². The number of rotatable bonds is 5. The van der Waals surface area contributed by atoms with Gasteiger partial charge in [-0.1, -0.05) is 6.07 Å². The smallest absolute Gasteiger partial charge is 0.240 e. The number of nitrogens with one attached hydrogen (secondary N) is 1. The third-order valence-electron chi connectivity index (χ3n) is 6.38. The third kappa shape index (κ3) is 4.49. The van der Waals surface area contributed by atoms with Gasteiger partial charge >= 0.3 is 0 Å². The summed E-state index contributed by atoms with van der Waals surface area (Å²) in [7, 11) is -3.78. The van der Waals surface area contributed by atoms with Gasteiger partial charge in [0.1, 0.15) is 0 Å². The Kier molecular flexibility index (Phi) is 5.99. The zero-order valence-electron chi connectivity index (χ0n) is 19.0. The Bertz CT molecular complexity index is 1510. The van der Waals surface area contributed by atoms with Crippen molar-refractivity contribution in [1.82, 2.24) is 24.1 Å². The van der Waals surface area contributed by atoms with Crippen molar-refractivity contribution in [3.05, 3.63) is 60.4 Å². The van der Waals surface area contributed by atoms with E-state index >= 15 is 0 Å². The van der Waals surface area contributed by atoms with E-state index in [0.29, 0.717) is 48.3 Å². The fourth-order valence-corrected chi connectivity index (χ4v) is 5.78. The Morgan fingerprint density at radius 3 is 2.66 bits per heavy atom. The second kappa shape index (κ2) is 8.99. The van der Waals surface area contributed by atoms with E-state index < -0.39 is 15.8 Å². The second-order valence-electron chi connectivity index (χ2n) is 8.81. The molecule has 5 rings (SSSR count). The van der Waals surface area contributed by atoms with Crippen LogP contribution in [0.4, 0.5) is 10.2 Å². The fraction of sp³-hybridized carbons (Fsp3) is 0.292.